The van der Waals surface area contributed by atoms with E-state index in [-0.39, 0.29) is 23.9 Å². The van der Waals surface area contributed by atoms with Gasteiger partial charge in [0.05, 0.1) is 23.4 Å². The van der Waals surface area contributed by atoms with E-state index in [1.54, 1.807) is 18.5 Å². The summed E-state index contributed by atoms with van der Waals surface area (Å²) >= 11 is 0. The molecule has 1 fully saturated rings. The lowest BCUT2D eigenvalue weighted by Gasteiger charge is -2.18. The van der Waals surface area contributed by atoms with Crippen LogP contribution >= 0.6 is 0 Å². The molecule has 1 saturated heterocycles. The van der Waals surface area contributed by atoms with Crippen LogP contribution in [0.3, 0.4) is 0 Å². The van der Waals surface area contributed by atoms with Gasteiger partial charge in [0.15, 0.2) is 0 Å². The van der Waals surface area contributed by atoms with Gasteiger partial charge in [0.1, 0.15) is 5.82 Å². The van der Waals surface area contributed by atoms with Gasteiger partial charge in [0.25, 0.3) is 5.56 Å². The molecule has 0 amide bonds. The van der Waals surface area contributed by atoms with Gasteiger partial charge in [-0.05, 0) is 23.3 Å². The number of hydrogen-bond acceptors (Lipinski definition) is 5. The van der Waals surface area contributed by atoms with Crippen LogP contribution in [-0.4, -0.2) is 52.2 Å². The third kappa shape index (κ3) is 3.66. The van der Waals surface area contributed by atoms with E-state index in [4.69, 9.17) is 4.98 Å². The van der Waals surface area contributed by atoms with E-state index in [1.807, 2.05) is 42.5 Å². The zero-order valence-electron chi connectivity index (χ0n) is 16.8. The summed E-state index contributed by atoms with van der Waals surface area (Å²) in [7, 11) is -3.36. The summed E-state index contributed by atoms with van der Waals surface area (Å²) in [5.41, 5.74) is 3.11. The van der Waals surface area contributed by atoms with E-state index in [1.165, 1.54) is 10.6 Å². The summed E-state index contributed by atoms with van der Waals surface area (Å²) in [6.45, 7) is 0.634. The Morgan fingerprint density at radius 3 is 2.52 bits per heavy atom. The largest absolute Gasteiger partial charge is 0.310 e. The Morgan fingerprint density at radius 1 is 1.03 bits per heavy atom. The normalized spacial score (nSPS) is 19.8. The molecule has 4 aromatic rings. The van der Waals surface area contributed by atoms with Gasteiger partial charge in [-0.15, -0.1) is 0 Å². The van der Waals surface area contributed by atoms with Gasteiger partial charge < -0.3 is 4.98 Å². The number of rotatable bonds is 4. The fraction of sp³-hybridized carbons (Fsp3) is 0.227. The maximum absolute atomic E-state index is 12.9. The van der Waals surface area contributed by atoms with Crippen molar-refractivity contribution >= 4 is 20.9 Å². The second kappa shape index (κ2) is 7.44. The van der Waals surface area contributed by atoms with E-state index in [0.29, 0.717) is 23.3 Å². The fourth-order valence-electron chi connectivity index (χ4n) is 4.27. The molecule has 2 aromatic heterocycles. The fourth-order valence-corrected chi connectivity index (χ4v) is 5.14. The van der Waals surface area contributed by atoms with Crippen molar-refractivity contribution in [1.82, 2.24) is 24.5 Å². The number of H-pyrrole nitrogens is 2. The van der Waals surface area contributed by atoms with Crippen LogP contribution in [0.5, 0.6) is 0 Å². The minimum absolute atomic E-state index is 0.0956. The zero-order chi connectivity index (χ0) is 21.6. The first-order valence-corrected chi connectivity index (χ1v) is 11.8. The van der Waals surface area contributed by atoms with E-state index < -0.39 is 10.0 Å². The molecule has 2 aromatic carbocycles. The molecule has 9 heteroatoms. The highest BCUT2D eigenvalue weighted by atomic mass is 32.2. The maximum atomic E-state index is 12.9. The summed E-state index contributed by atoms with van der Waals surface area (Å²) in [4.78, 5) is 20.6. The van der Waals surface area contributed by atoms with Gasteiger partial charge in [0.2, 0.25) is 10.0 Å². The molecule has 158 valence electrons. The maximum Gasteiger partial charge on any atom is 0.258 e. The van der Waals surface area contributed by atoms with Crippen LogP contribution in [-0.2, 0) is 10.0 Å². The highest BCUT2D eigenvalue weighted by Gasteiger charge is 2.40. The molecule has 2 atom stereocenters. The number of sulfonamides is 1. The molecule has 0 bridgehead atoms. The Kier molecular flexibility index (Phi) is 4.71. The first kappa shape index (κ1) is 19.7. The smallest absolute Gasteiger partial charge is 0.258 e. The third-order valence-electron chi connectivity index (χ3n) is 5.89. The topological polar surface area (TPSA) is 112 Å². The number of fused-ring (bicyclic) bond motifs is 1. The van der Waals surface area contributed by atoms with Crippen molar-refractivity contribution in [3.05, 3.63) is 82.7 Å². The van der Waals surface area contributed by atoms with Crippen LogP contribution in [0, 0.1) is 0 Å². The summed E-state index contributed by atoms with van der Waals surface area (Å²) in [6.07, 6.45) is 4.67. The number of nitrogens with one attached hydrogen (secondary N) is 2. The molecule has 0 aliphatic carbocycles. The van der Waals surface area contributed by atoms with Crippen molar-refractivity contribution in [2.75, 3.05) is 19.3 Å². The van der Waals surface area contributed by atoms with E-state index in [9.17, 15) is 13.2 Å². The van der Waals surface area contributed by atoms with Crippen molar-refractivity contribution in [3.63, 3.8) is 0 Å². The molecule has 0 unspecified atom stereocenters. The first-order valence-electron chi connectivity index (χ1n) is 9.93. The number of aromatic nitrogens is 4. The summed E-state index contributed by atoms with van der Waals surface area (Å²) in [5.74, 6) is 0.165. The lowest BCUT2D eigenvalue weighted by Crippen LogP contribution is -2.27. The number of hydrogen-bond donors (Lipinski definition) is 2. The predicted molar refractivity (Wildman–Crippen MR) is 118 cm³/mol. The molecular weight excluding hydrogens is 414 g/mol. The lowest BCUT2D eigenvalue weighted by atomic mass is 9.88. The third-order valence-corrected chi connectivity index (χ3v) is 7.13. The van der Waals surface area contributed by atoms with Crippen molar-refractivity contribution < 1.29 is 8.42 Å². The molecule has 5 rings (SSSR count). The highest BCUT2D eigenvalue weighted by Crippen LogP contribution is 2.39. The molecular formula is C22H21N5O3S. The monoisotopic (exact) mass is 435 g/mol. The molecule has 2 N–H and O–H groups in total. The molecule has 31 heavy (non-hydrogen) atoms. The average molecular weight is 436 g/mol. The van der Waals surface area contributed by atoms with Gasteiger partial charge in [0, 0.05) is 36.7 Å². The van der Waals surface area contributed by atoms with Crippen LogP contribution in [0.1, 0.15) is 23.2 Å². The molecule has 1 aliphatic heterocycles. The average Bonchev–Trinajstić information content (AvgIpc) is 3.44. The Hall–Kier alpha value is -3.30. The van der Waals surface area contributed by atoms with Crippen molar-refractivity contribution in [2.45, 2.75) is 11.8 Å². The van der Waals surface area contributed by atoms with Crippen LogP contribution in [0.15, 0.2) is 65.7 Å². The van der Waals surface area contributed by atoms with Gasteiger partial charge >= 0.3 is 0 Å². The van der Waals surface area contributed by atoms with Gasteiger partial charge in [-0.2, -0.15) is 5.10 Å². The van der Waals surface area contributed by atoms with E-state index in [0.717, 1.165) is 16.7 Å². The molecule has 8 nitrogen and oxygen atoms in total. The van der Waals surface area contributed by atoms with Crippen LogP contribution in [0.25, 0.3) is 22.0 Å². The SMILES string of the molecule is CS(=O)(=O)N1C[C@@H](c2ccccc2)[C@H](c2nc3ccc(-c4cn[nH]c4)cc3c(=O)[nH]2)C1. The Balaban J connectivity index is 1.59. The molecule has 0 spiro atoms. The van der Waals surface area contributed by atoms with Crippen molar-refractivity contribution in [2.24, 2.45) is 0 Å². The summed E-state index contributed by atoms with van der Waals surface area (Å²) in [5, 5.41) is 7.20. The summed E-state index contributed by atoms with van der Waals surface area (Å²) < 4.78 is 25.9. The Morgan fingerprint density at radius 2 is 1.81 bits per heavy atom. The minimum Gasteiger partial charge on any atom is -0.310 e. The number of benzene rings is 2. The van der Waals surface area contributed by atoms with Crippen LogP contribution in [0.4, 0.5) is 0 Å². The Bertz CT molecular complexity index is 1400. The molecule has 3 heterocycles. The first-order chi connectivity index (χ1) is 14.9. The molecule has 0 radical (unpaired) electrons. The highest BCUT2D eigenvalue weighted by molar-refractivity contribution is 7.88. The standard InChI is InChI=1S/C22H21N5O3S/c1-31(29,30)27-12-18(14-5-3-2-4-6-14)19(13-27)21-25-20-8-7-15(16-10-23-24-11-16)9-17(20)22(28)26-21/h2-11,18-19H,12-13H2,1H3,(H,23,24)(H,25,26,28)/t18-,19+/m0/s1. The van der Waals surface area contributed by atoms with Crippen LogP contribution in [0.2, 0.25) is 0 Å². The second-order valence-electron chi connectivity index (χ2n) is 7.87. The Labute approximate surface area is 179 Å². The summed E-state index contributed by atoms with van der Waals surface area (Å²) in [6, 6.07) is 15.3. The van der Waals surface area contributed by atoms with Gasteiger partial charge in [-0.1, -0.05) is 36.4 Å². The number of nitrogens with zero attached hydrogens (tertiary/aromatic N) is 3. The minimum atomic E-state index is -3.36. The van der Waals surface area contributed by atoms with E-state index >= 15 is 0 Å². The van der Waals surface area contributed by atoms with Crippen molar-refractivity contribution in [3.8, 4) is 11.1 Å². The van der Waals surface area contributed by atoms with E-state index in [2.05, 4.69) is 15.2 Å². The van der Waals surface area contributed by atoms with Gasteiger partial charge in [-0.25, -0.2) is 17.7 Å². The van der Waals surface area contributed by atoms with Crippen LogP contribution < -0.4 is 5.56 Å². The molecule has 1 aliphatic rings. The van der Waals surface area contributed by atoms with Gasteiger partial charge in [-0.3, -0.25) is 9.89 Å². The quantitative estimate of drug-likeness (QED) is 0.511. The van der Waals surface area contributed by atoms with Crippen molar-refractivity contribution in [1.29, 1.82) is 0 Å². The predicted octanol–water partition coefficient (Wildman–Crippen LogP) is 2.46. The second-order valence-corrected chi connectivity index (χ2v) is 9.86. The lowest BCUT2D eigenvalue weighted by molar-refractivity contribution is 0.475. The number of aromatic amines is 2. The molecule has 0 saturated carbocycles. The zero-order valence-corrected chi connectivity index (χ0v) is 17.6.